The molecule has 2 heterocycles. The predicted molar refractivity (Wildman–Crippen MR) is 106 cm³/mol. The number of benzene rings is 1. The van der Waals surface area contributed by atoms with Crippen molar-refractivity contribution in [1.29, 1.82) is 5.26 Å². The van der Waals surface area contributed by atoms with Gasteiger partial charge in [0.1, 0.15) is 11.1 Å². The molecule has 1 N–H and O–H groups in total. The quantitative estimate of drug-likeness (QED) is 0.771. The largest absolute Gasteiger partial charge is 0.465 e. The zero-order valence-electron chi connectivity index (χ0n) is 16.0. The highest BCUT2D eigenvalue weighted by atomic mass is 32.1. The maximum atomic E-state index is 12.6. The van der Waals surface area contributed by atoms with Crippen LogP contribution in [-0.2, 0) is 22.4 Å². The predicted octanol–water partition coefficient (Wildman–Crippen LogP) is 3.17. The lowest BCUT2D eigenvalue weighted by atomic mass is 10.0. The molecule has 0 atom stereocenters. The zero-order valence-corrected chi connectivity index (χ0v) is 16.8. The number of carbonyl (C=O) groups excluding carboxylic acids is 3. The van der Waals surface area contributed by atoms with Crippen LogP contribution in [-0.4, -0.2) is 43.1 Å². The standard InChI is InChI=1S/C20H19N3O5S/c1-3-28-20(26)23-9-8-14-15(10-21)18(29-16(14)11-23)22-17(24)12-4-6-13(7-5-12)19(25)27-2/h4-7H,3,8-9,11H2,1-2H3,(H,22,24). The average molecular weight is 413 g/mol. The molecule has 8 nitrogen and oxygen atoms in total. The van der Waals surface area contributed by atoms with Gasteiger partial charge in [-0.3, -0.25) is 4.79 Å². The van der Waals surface area contributed by atoms with Gasteiger partial charge in [-0.05, 0) is 43.2 Å². The van der Waals surface area contributed by atoms with Crippen molar-refractivity contribution in [3.8, 4) is 6.07 Å². The van der Waals surface area contributed by atoms with Gasteiger partial charge in [-0.25, -0.2) is 9.59 Å². The van der Waals surface area contributed by atoms with Crippen LogP contribution in [0.25, 0.3) is 0 Å². The van der Waals surface area contributed by atoms with Gasteiger partial charge < -0.3 is 19.7 Å². The molecule has 1 aromatic carbocycles. The Kier molecular flexibility index (Phi) is 6.14. The summed E-state index contributed by atoms with van der Waals surface area (Å²) in [4.78, 5) is 38.5. The van der Waals surface area contributed by atoms with Crippen molar-refractivity contribution in [2.45, 2.75) is 19.9 Å². The van der Waals surface area contributed by atoms with E-state index in [2.05, 4.69) is 16.1 Å². The topological polar surface area (TPSA) is 109 Å². The fraction of sp³-hybridized carbons (Fsp3) is 0.300. The molecular weight excluding hydrogens is 394 g/mol. The normalized spacial score (nSPS) is 12.5. The molecule has 0 bridgehead atoms. The van der Waals surface area contributed by atoms with Gasteiger partial charge in [0, 0.05) is 17.0 Å². The van der Waals surface area contributed by atoms with E-state index in [9.17, 15) is 19.6 Å². The smallest absolute Gasteiger partial charge is 0.410 e. The van der Waals surface area contributed by atoms with E-state index in [1.54, 1.807) is 11.8 Å². The Morgan fingerprint density at radius 3 is 2.55 bits per heavy atom. The number of hydrogen-bond donors (Lipinski definition) is 1. The van der Waals surface area contributed by atoms with Crippen LogP contribution >= 0.6 is 11.3 Å². The van der Waals surface area contributed by atoms with Crippen molar-refractivity contribution in [2.75, 3.05) is 25.6 Å². The first-order valence-corrected chi connectivity index (χ1v) is 9.76. The lowest BCUT2D eigenvalue weighted by Crippen LogP contribution is -2.35. The summed E-state index contributed by atoms with van der Waals surface area (Å²) in [6, 6.07) is 8.20. The molecular formula is C20H19N3O5S. The maximum absolute atomic E-state index is 12.6. The van der Waals surface area contributed by atoms with Gasteiger partial charge in [-0.15, -0.1) is 11.3 Å². The van der Waals surface area contributed by atoms with Crippen molar-refractivity contribution in [3.63, 3.8) is 0 Å². The number of ether oxygens (including phenoxy) is 2. The number of amides is 2. The molecule has 2 aromatic rings. The Morgan fingerprint density at radius 2 is 1.93 bits per heavy atom. The first-order valence-electron chi connectivity index (χ1n) is 8.94. The third-order valence-corrected chi connectivity index (χ3v) is 5.62. The molecule has 0 unspecified atom stereocenters. The van der Waals surface area contributed by atoms with Crippen molar-refractivity contribution in [3.05, 3.63) is 51.4 Å². The van der Waals surface area contributed by atoms with Gasteiger partial charge in [0.25, 0.3) is 5.91 Å². The van der Waals surface area contributed by atoms with E-state index >= 15 is 0 Å². The highest BCUT2D eigenvalue weighted by Gasteiger charge is 2.28. The number of nitrogens with one attached hydrogen (secondary N) is 1. The summed E-state index contributed by atoms with van der Waals surface area (Å²) in [5.74, 6) is -0.875. The number of rotatable bonds is 4. The minimum atomic E-state index is -0.485. The highest BCUT2D eigenvalue weighted by molar-refractivity contribution is 7.16. The van der Waals surface area contributed by atoms with Crippen molar-refractivity contribution >= 4 is 34.3 Å². The van der Waals surface area contributed by atoms with Crippen LogP contribution in [0.5, 0.6) is 0 Å². The Labute approximate surface area is 171 Å². The first-order chi connectivity index (χ1) is 14.0. The monoisotopic (exact) mass is 413 g/mol. The molecule has 0 spiro atoms. The molecule has 1 aromatic heterocycles. The summed E-state index contributed by atoms with van der Waals surface area (Å²) in [5.41, 5.74) is 1.97. The van der Waals surface area contributed by atoms with E-state index in [-0.39, 0.29) is 6.09 Å². The van der Waals surface area contributed by atoms with Gasteiger partial charge in [0.05, 0.1) is 31.4 Å². The number of esters is 1. The Hall–Kier alpha value is -3.38. The minimum Gasteiger partial charge on any atom is -0.465 e. The van der Waals surface area contributed by atoms with Gasteiger partial charge in [0.2, 0.25) is 0 Å². The molecule has 3 rings (SSSR count). The van der Waals surface area contributed by atoms with Crippen LogP contribution in [0.2, 0.25) is 0 Å². The van der Waals surface area contributed by atoms with E-state index in [0.29, 0.717) is 47.8 Å². The van der Waals surface area contributed by atoms with Crippen LogP contribution in [0.4, 0.5) is 9.80 Å². The van der Waals surface area contributed by atoms with Crippen molar-refractivity contribution in [2.24, 2.45) is 0 Å². The highest BCUT2D eigenvalue weighted by Crippen LogP contribution is 2.37. The maximum Gasteiger partial charge on any atom is 0.410 e. The molecule has 29 heavy (non-hydrogen) atoms. The van der Waals surface area contributed by atoms with E-state index < -0.39 is 11.9 Å². The lowest BCUT2D eigenvalue weighted by molar-refractivity contribution is 0.0600. The molecule has 150 valence electrons. The van der Waals surface area contributed by atoms with Gasteiger partial charge in [-0.1, -0.05) is 0 Å². The molecule has 1 aliphatic heterocycles. The number of thiophene rings is 1. The fourth-order valence-corrected chi connectivity index (χ4v) is 4.24. The number of anilines is 1. The Morgan fingerprint density at radius 1 is 1.24 bits per heavy atom. The third kappa shape index (κ3) is 4.22. The lowest BCUT2D eigenvalue weighted by Gasteiger charge is -2.25. The van der Waals surface area contributed by atoms with E-state index in [4.69, 9.17) is 4.74 Å². The summed E-state index contributed by atoms with van der Waals surface area (Å²) >= 11 is 1.28. The molecule has 0 radical (unpaired) electrons. The van der Waals surface area contributed by atoms with Gasteiger partial charge >= 0.3 is 12.1 Å². The number of hydrogen-bond acceptors (Lipinski definition) is 7. The molecule has 9 heteroatoms. The van der Waals surface area contributed by atoms with Crippen LogP contribution < -0.4 is 5.32 Å². The number of nitriles is 1. The molecule has 0 saturated heterocycles. The molecule has 0 fully saturated rings. The minimum absolute atomic E-state index is 0.298. The SMILES string of the molecule is CCOC(=O)N1CCc2c(sc(NC(=O)c3ccc(C(=O)OC)cc3)c2C#N)C1. The van der Waals surface area contributed by atoms with Crippen molar-refractivity contribution < 1.29 is 23.9 Å². The van der Waals surface area contributed by atoms with Crippen LogP contribution in [0, 0.1) is 11.3 Å². The molecule has 2 amide bonds. The summed E-state index contributed by atoms with van der Waals surface area (Å²) in [5, 5.41) is 12.8. The summed E-state index contributed by atoms with van der Waals surface area (Å²) in [6.07, 6.45) is 0.137. The van der Waals surface area contributed by atoms with Crippen LogP contribution in [0.15, 0.2) is 24.3 Å². The zero-order chi connectivity index (χ0) is 21.0. The molecule has 0 aliphatic carbocycles. The number of fused-ring (bicyclic) bond motifs is 1. The van der Waals surface area contributed by atoms with E-state index in [0.717, 1.165) is 10.4 Å². The number of methoxy groups -OCH3 is 1. The van der Waals surface area contributed by atoms with Gasteiger partial charge in [-0.2, -0.15) is 5.26 Å². The third-order valence-electron chi connectivity index (χ3n) is 4.49. The van der Waals surface area contributed by atoms with Crippen molar-refractivity contribution in [1.82, 2.24) is 4.90 Å². The van der Waals surface area contributed by atoms with E-state index in [1.807, 2.05) is 0 Å². The fourth-order valence-electron chi connectivity index (χ4n) is 3.03. The Balaban J connectivity index is 1.78. The second-order valence-corrected chi connectivity index (χ2v) is 7.32. The van der Waals surface area contributed by atoms with Crippen LogP contribution in [0.3, 0.4) is 0 Å². The van der Waals surface area contributed by atoms with E-state index in [1.165, 1.54) is 42.7 Å². The van der Waals surface area contributed by atoms with Gasteiger partial charge in [0.15, 0.2) is 0 Å². The Bertz CT molecular complexity index is 991. The number of carbonyl (C=O) groups is 3. The average Bonchev–Trinajstić information content (AvgIpc) is 3.09. The van der Waals surface area contributed by atoms with Crippen LogP contribution in [0.1, 0.15) is 43.6 Å². The summed E-state index contributed by atoms with van der Waals surface area (Å²) < 4.78 is 9.68. The molecule has 0 saturated carbocycles. The number of nitrogens with zero attached hydrogens (tertiary/aromatic N) is 2. The first kappa shape index (κ1) is 20.4. The summed E-state index contributed by atoms with van der Waals surface area (Å²) in [7, 11) is 1.29. The molecule has 1 aliphatic rings. The summed E-state index contributed by atoms with van der Waals surface area (Å²) in [6.45, 7) is 2.85. The second kappa shape index (κ2) is 8.75. The second-order valence-electron chi connectivity index (χ2n) is 6.21.